The lowest BCUT2D eigenvalue weighted by Crippen LogP contribution is -2.14. The lowest BCUT2D eigenvalue weighted by Gasteiger charge is -2.09. The Hall–Kier alpha value is -2.93. The Bertz CT molecular complexity index is 1440. The first-order valence-corrected chi connectivity index (χ1v) is 14.2. The van der Waals surface area contributed by atoms with Gasteiger partial charge in [0.05, 0.1) is 11.3 Å². The van der Waals surface area contributed by atoms with Crippen molar-refractivity contribution in [2.24, 2.45) is 7.05 Å². The Kier molecular flexibility index (Phi) is 6.78. The van der Waals surface area contributed by atoms with Crippen molar-refractivity contribution in [2.75, 3.05) is 11.1 Å². The van der Waals surface area contributed by atoms with Crippen LogP contribution in [0.4, 0.5) is 5.00 Å². The fourth-order valence-electron chi connectivity index (χ4n) is 4.44. The third-order valence-electron chi connectivity index (χ3n) is 6.26. The third-order valence-corrected chi connectivity index (χ3v) is 9.40. The van der Waals surface area contributed by atoms with Gasteiger partial charge in [0, 0.05) is 33.3 Å². The first-order valence-electron chi connectivity index (χ1n) is 11.5. The van der Waals surface area contributed by atoms with Crippen LogP contribution in [-0.4, -0.2) is 26.4 Å². The van der Waals surface area contributed by atoms with Crippen molar-refractivity contribution in [2.45, 2.75) is 44.7 Å². The van der Waals surface area contributed by atoms with Crippen LogP contribution in [0.25, 0.3) is 22.5 Å². The van der Waals surface area contributed by atoms with E-state index in [1.54, 1.807) is 22.7 Å². The predicted molar refractivity (Wildman–Crippen MR) is 144 cm³/mol. The highest BCUT2D eigenvalue weighted by molar-refractivity contribution is 7.99. The molecule has 5 rings (SSSR count). The molecule has 6 nitrogen and oxygen atoms in total. The molecular formula is C26H25N5OS3. The average molecular weight is 520 g/mol. The van der Waals surface area contributed by atoms with Crippen LogP contribution in [0.3, 0.4) is 0 Å². The largest absolute Gasteiger partial charge is 0.316 e. The fraction of sp³-hybridized carbons (Fsp3) is 0.308. The van der Waals surface area contributed by atoms with Crippen molar-refractivity contribution in [1.29, 1.82) is 5.26 Å². The van der Waals surface area contributed by atoms with E-state index in [0.29, 0.717) is 15.7 Å². The number of thiophene rings is 2. The monoisotopic (exact) mass is 519 g/mol. The van der Waals surface area contributed by atoms with Crippen molar-refractivity contribution >= 4 is 45.3 Å². The fourth-order valence-corrected chi connectivity index (χ4v) is 7.27. The molecule has 0 radical (unpaired) electrons. The first-order chi connectivity index (χ1) is 17.0. The van der Waals surface area contributed by atoms with Crippen LogP contribution in [0.1, 0.15) is 39.3 Å². The van der Waals surface area contributed by atoms with Gasteiger partial charge < -0.3 is 9.88 Å². The van der Waals surface area contributed by atoms with Gasteiger partial charge in [0.25, 0.3) is 0 Å². The minimum atomic E-state index is -0.138. The SMILES string of the molecule is Cc1ccc(-c2c(-c3nnc(SCC(=O)Nc4sc5c(c4C#N)CCCC5)n3C)csc2C)cc1. The van der Waals surface area contributed by atoms with Crippen LogP contribution >= 0.6 is 34.4 Å². The number of carbonyl (C=O) groups excluding carboxylic acids is 1. The highest BCUT2D eigenvalue weighted by atomic mass is 32.2. The van der Waals surface area contributed by atoms with Crippen LogP contribution in [0.15, 0.2) is 34.8 Å². The van der Waals surface area contributed by atoms with Crippen molar-refractivity contribution in [3.8, 4) is 28.6 Å². The molecule has 0 saturated carbocycles. The summed E-state index contributed by atoms with van der Waals surface area (Å²) in [7, 11) is 1.93. The molecule has 0 aliphatic heterocycles. The smallest absolute Gasteiger partial charge is 0.235 e. The molecule has 9 heteroatoms. The normalized spacial score (nSPS) is 12.9. The van der Waals surface area contributed by atoms with E-state index in [2.05, 4.69) is 65.1 Å². The number of aryl methyl sites for hydroxylation is 3. The number of benzene rings is 1. The maximum Gasteiger partial charge on any atom is 0.235 e. The molecule has 0 unspecified atom stereocenters. The van der Waals surface area contributed by atoms with E-state index < -0.39 is 0 Å². The van der Waals surface area contributed by atoms with Crippen LogP contribution in [0.2, 0.25) is 0 Å². The van der Waals surface area contributed by atoms with E-state index in [1.165, 1.54) is 32.6 Å². The van der Waals surface area contributed by atoms with Crippen molar-refractivity contribution in [3.63, 3.8) is 0 Å². The number of hydrogen-bond donors (Lipinski definition) is 1. The summed E-state index contributed by atoms with van der Waals surface area (Å²) in [5, 5.41) is 24.9. The Morgan fingerprint density at radius 3 is 2.74 bits per heavy atom. The lowest BCUT2D eigenvalue weighted by atomic mass is 9.96. The summed E-state index contributed by atoms with van der Waals surface area (Å²) in [6.07, 6.45) is 4.16. The molecule has 0 atom stereocenters. The van der Waals surface area contributed by atoms with Gasteiger partial charge in [-0.1, -0.05) is 41.6 Å². The number of amides is 1. The molecule has 4 aromatic rings. The Morgan fingerprint density at radius 2 is 1.97 bits per heavy atom. The molecule has 0 bridgehead atoms. The van der Waals surface area contributed by atoms with Crippen LogP contribution < -0.4 is 5.32 Å². The molecule has 0 fully saturated rings. The van der Waals surface area contributed by atoms with Crippen molar-refractivity contribution < 1.29 is 4.79 Å². The summed E-state index contributed by atoms with van der Waals surface area (Å²) >= 11 is 4.60. The van der Waals surface area contributed by atoms with Gasteiger partial charge >= 0.3 is 0 Å². The Morgan fingerprint density at radius 1 is 1.20 bits per heavy atom. The molecule has 3 aromatic heterocycles. The molecule has 1 N–H and O–H groups in total. The van der Waals surface area contributed by atoms with Crippen molar-refractivity contribution in [1.82, 2.24) is 14.8 Å². The average Bonchev–Trinajstić information content (AvgIpc) is 3.52. The quantitative estimate of drug-likeness (QED) is 0.299. The molecule has 1 aliphatic carbocycles. The van der Waals surface area contributed by atoms with Gasteiger partial charge in [0.15, 0.2) is 11.0 Å². The summed E-state index contributed by atoms with van der Waals surface area (Å²) < 4.78 is 1.95. The molecule has 0 saturated heterocycles. The number of nitrogens with zero attached hydrogens (tertiary/aromatic N) is 4. The standard InChI is InChI=1S/C26H25N5OS3/c1-15-8-10-17(11-9-15)23-16(2)33-13-20(23)24-29-30-26(31(24)3)34-14-22(32)28-25-19(12-27)18-6-4-5-7-21(18)35-25/h8-11,13H,4-7,14H2,1-3H3,(H,28,32). The van der Waals surface area contributed by atoms with E-state index in [9.17, 15) is 10.1 Å². The molecule has 1 amide bonds. The first kappa shape index (κ1) is 23.8. The third kappa shape index (κ3) is 4.66. The van der Waals surface area contributed by atoms with Gasteiger partial charge in [-0.25, -0.2) is 0 Å². The van der Waals surface area contributed by atoms with E-state index in [0.717, 1.165) is 48.2 Å². The zero-order valence-corrected chi connectivity index (χ0v) is 22.3. The van der Waals surface area contributed by atoms with E-state index >= 15 is 0 Å². The highest BCUT2D eigenvalue weighted by Gasteiger charge is 2.23. The summed E-state index contributed by atoms with van der Waals surface area (Å²) in [5.41, 5.74) is 6.37. The Labute approximate surface area is 217 Å². The van der Waals surface area contributed by atoms with E-state index in [1.807, 2.05) is 11.6 Å². The molecule has 1 aromatic carbocycles. The van der Waals surface area contributed by atoms with Crippen LogP contribution in [0, 0.1) is 25.2 Å². The van der Waals surface area contributed by atoms with E-state index in [4.69, 9.17) is 0 Å². The number of hydrogen-bond acceptors (Lipinski definition) is 7. The topological polar surface area (TPSA) is 83.6 Å². The summed E-state index contributed by atoms with van der Waals surface area (Å²) in [6.45, 7) is 4.21. The summed E-state index contributed by atoms with van der Waals surface area (Å²) in [6, 6.07) is 10.8. The number of nitriles is 1. The second kappa shape index (κ2) is 9.97. The number of carbonyl (C=O) groups is 1. The maximum absolute atomic E-state index is 12.7. The second-order valence-electron chi connectivity index (χ2n) is 8.68. The summed E-state index contributed by atoms with van der Waals surface area (Å²) in [4.78, 5) is 15.2. The minimum absolute atomic E-state index is 0.138. The second-order valence-corrected chi connectivity index (χ2v) is 11.8. The molecule has 0 spiro atoms. The van der Waals surface area contributed by atoms with Crippen LogP contribution in [-0.2, 0) is 24.7 Å². The lowest BCUT2D eigenvalue weighted by molar-refractivity contribution is -0.113. The number of rotatable bonds is 6. The van der Waals surface area contributed by atoms with Gasteiger partial charge in [0.1, 0.15) is 11.1 Å². The van der Waals surface area contributed by atoms with Gasteiger partial charge in [-0.15, -0.1) is 32.9 Å². The van der Waals surface area contributed by atoms with E-state index in [-0.39, 0.29) is 11.7 Å². The van der Waals surface area contributed by atoms with Crippen molar-refractivity contribution in [3.05, 3.63) is 56.1 Å². The number of nitrogens with one attached hydrogen (secondary N) is 1. The molecular weight excluding hydrogens is 495 g/mol. The number of aromatic nitrogens is 3. The minimum Gasteiger partial charge on any atom is -0.316 e. The maximum atomic E-state index is 12.7. The number of thioether (sulfide) groups is 1. The summed E-state index contributed by atoms with van der Waals surface area (Å²) in [5.74, 6) is 0.847. The van der Waals surface area contributed by atoms with Gasteiger partial charge in [-0.05, 0) is 50.7 Å². The van der Waals surface area contributed by atoms with Gasteiger partial charge in [-0.2, -0.15) is 5.26 Å². The number of fused-ring (bicyclic) bond motifs is 1. The predicted octanol–water partition coefficient (Wildman–Crippen LogP) is 6.37. The van der Waals surface area contributed by atoms with Crippen LogP contribution in [0.5, 0.6) is 0 Å². The molecule has 3 heterocycles. The van der Waals surface area contributed by atoms with Gasteiger partial charge in [-0.3, -0.25) is 4.79 Å². The molecule has 1 aliphatic rings. The Balaban J connectivity index is 1.32. The zero-order chi connectivity index (χ0) is 24.5. The number of anilines is 1. The molecule has 35 heavy (non-hydrogen) atoms. The van der Waals surface area contributed by atoms with Gasteiger partial charge in [0.2, 0.25) is 5.91 Å². The highest BCUT2D eigenvalue weighted by Crippen LogP contribution is 2.40. The zero-order valence-electron chi connectivity index (χ0n) is 19.8. The molecule has 178 valence electrons.